The van der Waals surface area contributed by atoms with Crippen molar-refractivity contribution in [3.63, 3.8) is 0 Å². The molecule has 2 amide bonds. The van der Waals surface area contributed by atoms with Crippen LogP contribution in [-0.4, -0.2) is 28.1 Å². The second-order valence-electron chi connectivity index (χ2n) is 4.14. The minimum Gasteiger partial charge on any atom is -0.343 e. The fourth-order valence-electron chi connectivity index (χ4n) is 1.54. The summed E-state index contributed by atoms with van der Waals surface area (Å²) >= 11 is 3.09. The van der Waals surface area contributed by atoms with E-state index in [9.17, 15) is 9.59 Å². The Kier molecular flexibility index (Phi) is 4.89. The zero-order valence-corrected chi connectivity index (χ0v) is 12.6. The number of halogens is 1. The van der Waals surface area contributed by atoms with Crippen molar-refractivity contribution < 1.29 is 9.59 Å². The number of carbonyl (C=O) groups excluding carboxylic acids is 2. The van der Waals surface area contributed by atoms with E-state index in [0.29, 0.717) is 10.3 Å². The summed E-state index contributed by atoms with van der Waals surface area (Å²) in [5, 5.41) is 9.01. The number of amides is 2. The Morgan fingerprint density at radius 1 is 1.19 bits per heavy atom. The molecule has 1 aromatic heterocycles. The molecule has 0 aliphatic heterocycles. The highest BCUT2D eigenvalue weighted by atomic mass is 79.9. The molecule has 0 radical (unpaired) electrons. The topological polar surface area (TPSA) is 76.0 Å². The van der Waals surface area contributed by atoms with E-state index in [1.165, 1.54) is 0 Å². The number of aromatic nitrogens is 2. The monoisotopic (exact) mass is 348 g/mol. The van der Waals surface area contributed by atoms with Gasteiger partial charge in [-0.15, -0.1) is 0 Å². The molecule has 0 unspecified atom stereocenters. The van der Waals surface area contributed by atoms with Gasteiger partial charge in [-0.1, -0.05) is 40.7 Å². The predicted octanol–water partition coefficient (Wildman–Crippen LogP) is 1.84. The van der Waals surface area contributed by atoms with E-state index in [4.69, 9.17) is 0 Å². The average molecular weight is 349 g/mol. The number of rotatable bonds is 4. The Hall–Kier alpha value is -2.41. The van der Waals surface area contributed by atoms with Gasteiger partial charge >= 0.3 is 11.8 Å². The highest BCUT2D eigenvalue weighted by Crippen LogP contribution is 2.09. The van der Waals surface area contributed by atoms with E-state index in [1.54, 1.807) is 16.9 Å². The highest BCUT2D eigenvalue weighted by Gasteiger charge is 2.14. The number of hydrogen-bond donors (Lipinski definition) is 2. The molecule has 6 nitrogen and oxygen atoms in total. The molecule has 0 saturated carbocycles. The lowest BCUT2D eigenvalue weighted by molar-refractivity contribution is -0.136. The van der Waals surface area contributed by atoms with Crippen molar-refractivity contribution in [2.45, 2.75) is 0 Å². The normalized spacial score (nSPS) is 9.95. The van der Waals surface area contributed by atoms with Crippen molar-refractivity contribution in [3.05, 3.63) is 53.7 Å². The van der Waals surface area contributed by atoms with Gasteiger partial charge in [-0.25, -0.2) is 4.68 Å². The predicted molar refractivity (Wildman–Crippen MR) is 83.3 cm³/mol. The lowest BCUT2D eigenvalue weighted by Gasteiger charge is -2.03. The van der Waals surface area contributed by atoms with Gasteiger partial charge in [0.05, 0.1) is 5.69 Å². The summed E-state index contributed by atoms with van der Waals surface area (Å²) < 4.78 is 2.19. The molecule has 0 bridgehead atoms. The summed E-state index contributed by atoms with van der Waals surface area (Å²) in [6, 6.07) is 11.0. The van der Waals surface area contributed by atoms with E-state index < -0.39 is 11.8 Å². The quantitative estimate of drug-likeness (QED) is 0.827. The van der Waals surface area contributed by atoms with E-state index >= 15 is 0 Å². The number of benzene rings is 1. The third kappa shape index (κ3) is 4.28. The lowest BCUT2D eigenvalue weighted by atomic mass is 10.3. The summed E-state index contributed by atoms with van der Waals surface area (Å²) in [5.74, 6) is -1.22. The van der Waals surface area contributed by atoms with Gasteiger partial charge in [0.2, 0.25) is 0 Å². The second kappa shape index (κ2) is 6.85. The molecule has 108 valence electrons. The third-order valence-electron chi connectivity index (χ3n) is 2.50. The molecule has 1 heterocycles. The van der Waals surface area contributed by atoms with Crippen molar-refractivity contribution in [2.24, 2.45) is 0 Å². The van der Waals surface area contributed by atoms with Gasteiger partial charge in [-0.2, -0.15) is 5.10 Å². The van der Waals surface area contributed by atoms with Gasteiger partial charge in [-0.3, -0.25) is 9.59 Å². The minimum atomic E-state index is -0.776. The summed E-state index contributed by atoms with van der Waals surface area (Å²) in [4.78, 5) is 23.2. The molecule has 2 rings (SSSR count). The summed E-state index contributed by atoms with van der Waals surface area (Å²) in [6.45, 7) is 3.75. The fraction of sp³-hybridized carbons (Fsp3) is 0.0714. The van der Waals surface area contributed by atoms with Crippen molar-refractivity contribution in [2.75, 3.05) is 11.9 Å². The van der Waals surface area contributed by atoms with Gasteiger partial charge < -0.3 is 10.6 Å². The molecule has 2 aromatic rings. The molecule has 0 saturated heterocycles. The largest absolute Gasteiger partial charge is 0.343 e. The van der Waals surface area contributed by atoms with E-state index in [-0.39, 0.29) is 6.54 Å². The van der Waals surface area contributed by atoms with Gasteiger partial charge in [0.15, 0.2) is 5.82 Å². The Bertz CT molecular complexity index is 667. The van der Waals surface area contributed by atoms with Crippen LogP contribution in [0.25, 0.3) is 5.69 Å². The zero-order chi connectivity index (χ0) is 15.2. The van der Waals surface area contributed by atoms with E-state index in [0.717, 1.165) is 5.69 Å². The zero-order valence-electron chi connectivity index (χ0n) is 11.0. The maximum atomic E-state index is 11.7. The first-order valence-corrected chi connectivity index (χ1v) is 6.89. The number of nitrogens with zero attached hydrogens (tertiary/aromatic N) is 2. The summed E-state index contributed by atoms with van der Waals surface area (Å²) in [6.07, 6.45) is 1.70. The molecule has 7 heteroatoms. The smallest absolute Gasteiger partial charge is 0.314 e. The second-order valence-corrected chi connectivity index (χ2v) is 5.26. The summed E-state index contributed by atoms with van der Waals surface area (Å²) in [7, 11) is 0. The lowest BCUT2D eigenvalue weighted by Crippen LogP contribution is -2.36. The third-order valence-corrected chi connectivity index (χ3v) is 2.78. The molecule has 0 aliphatic rings. The van der Waals surface area contributed by atoms with Crippen LogP contribution in [0, 0.1) is 0 Å². The standard InChI is InChI=1S/C14H13BrN4O2/c1-10(15)9-16-13(20)14(21)17-12-7-8-19(18-12)11-5-3-2-4-6-11/h2-8H,1,9H2,(H,16,20)(H,17,18,21). The first-order valence-electron chi connectivity index (χ1n) is 6.10. The Morgan fingerprint density at radius 2 is 1.90 bits per heavy atom. The van der Waals surface area contributed by atoms with Crippen LogP contribution in [0.15, 0.2) is 53.7 Å². The first-order chi connectivity index (χ1) is 10.1. The number of hydrogen-bond acceptors (Lipinski definition) is 3. The van der Waals surface area contributed by atoms with Crippen LogP contribution in [0.3, 0.4) is 0 Å². The molecule has 0 fully saturated rings. The van der Waals surface area contributed by atoms with Gasteiger partial charge in [-0.05, 0) is 12.1 Å². The van der Waals surface area contributed by atoms with Crippen molar-refractivity contribution in [1.29, 1.82) is 0 Å². The number of nitrogens with one attached hydrogen (secondary N) is 2. The van der Waals surface area contributed by atoms with E-state index in [2.05, 4.69) is 38.2 Å². The highest BCUT2D eigenvalue weighted by molar-refractivity contribution is 9.11. The van der Waals surface area contributed by atoms with Gasteiger partial charge in [0, 0.05) is 23.3 Å². The molecule has 0 spiro atoms. The first kappa shape index (κ1) is 15.0. The van der Waals surface area contributed by atoms with Gasteiger partial charge in [0.25, 0.3) is 0 Å². The molecule has 1 aromatic carbocycles. The van der Waals surface area contributed by atoms with Crippen molar-refractivity contribution in [1.82, 2.24) is 15.1 Å². The fourth-order valence-corrected chi connectivity index (χ4v) is 1.68. The molecule has 2 N–H and O–H groups in total. The SMILES string of the molecule is C=C(Br)CNC(=O)C(=O)Nc1ccn(-c2ccccc2)n1. The Morgan fingerprint density at radius 3 is 2.57 bits per heavy atom. The van der Waals surface area contributed by atoms with E-state index in [1.807, 2.05) is 30.3 Å². The molecule has 21 heavy (non-hydrogen) atoms. The van der Waals surface area contributed by atoms with Crippen LogP contribution < -0.4 is 10.6 Å². The van der Waals surface area contributed by atoms with Crippen molar-refractivity contribution in [3.8, 4) is 5.69 Å². The van der Waals surface area contributed by atoms with Crippen LogP contribution in [0.4, 0.5) is 5.82 Å². The molecule has 0 atom stereocenters. The average Bonchev–Trinajstić information content (AvgIpc) is 2.94. The van der Waals surface area contributed by atoms with Crippen LogP contribution in [0.1, 0.15) is 0 Å². The number of para-hydroxylation sites is 1. The molecule has 0 aliphatic carbocycles. The molecular weight excluding hydrogens is 336 g/mol. The maximum absolute atomic E-state index is 11.7. The molecular formula is C14H13BrN4O2. The maximum Gasteiger partial charge on any atom is 0.314 e. The van der Waals surface area contributed by atoms with Crippen LogP contribution in [0.2, 0.25) is 0 Å². The summed E-state index contributed by atoms with van der Waals surface area (Å²) in [5.41, 5.74) is 0.859. The Labute approximate surface area is 130 Å². The number of carbonyl (C=O) groups is 2. The van der Waals surface area contributed by atoms with Gasteiger partial charge in [0.1, 0.15) is 0 Å². The van der Waals surface area contributed by atoms with Crippen LogP contribution in [0.5, 0.6) is 0 Å². The minimum absolute atomic E-state index is 0.185. The van der Waals surface area contributed by atoms with Crippen LogP contribution in [-0.2, 0) is 9.59 Å². The van der Waals surface area contributed by atoms with Crippen molar-refractivity contribution >= 4 is 33.6 Å². The number of anilines is 1. The Balaban J connectivity index is 1.98. The van der Waals surface area contributed by atoms with Crippen LogP contribution >= 0.6 is 15.9 Å².